The highest BCUT2D eigenvalue weighted by Crippen LogP contribution is 2.19. The fraction of sp³-hybridized carbons (Fsp3) is 0.455. The summed E-state index contributed by atoms with van der Waals surface area (Å²) in [7, 11) is 0. The van der Waals surface area contributed by atoms with Gasteiger partial charge in [0.05, 0.1) is 12.2 Å². The van der Waals surface area contributed by atoms with Crippen LogP contribution < -0.4 is 11.2 Å². The first-order chi connectivity index (χ1) is 7.99. The Balaban J connectivity index is 2.42. The molecule has 0 saturated carbocycles. The van der Waals surface area contributed by atoms with Crippen LogP contribution in [0, 0.1) is 6.92 Å². The van der Waals surface area contributed by atoms with E-state index in [1.165, 1.54) is 10.8 Å². The Morgan fingerprint density at radius 2 is 2.12 bits per heavy atom. The van der Waals surface area contributed by atoms with Gasteiger partial charge in [0, 0.05) is 11.8 Å². The highest BCUT2D eigenvalue weighted by atomic mass is 16.5. The Hall–Kier alpha value is -1.66. The molecule has 0 amide bonds. The fourth-order valence-corrected chi connectivity index (χ4v) is 1.64. The standard InChI is InChI=1S/C11H14N2O4/c1-6-5-13(11(16)12-10(6)15)9-4-3-8(14)7(2)17-9/h3-5,7-9,14H,1-2H3,(H,12,15,16)/t7-,8+,9-/m0/s1. The first-order valence-corrected chi connectivity index (χ1v) is 5.33. The van der Waals surface area contributed by atoms with Gasteiger partial charge >= 0.3 is 5.69 Å². The average Bonchev–Trinajstić information content (AvgIpc) is 2.27. The number of rotatable bonds is 1. The normalized spacial score (nSPS) is 28.3. The van der Waals surface area contributed by atoms with Crippen molar-refractivity contribution in [3.05, 3.63) is 44.8 Å². The summed E-state index contributed by atoms with van der Waals surface area (Å²) in [6.45, 7) is 3.32. The third-order valence-corrected chi connectivity index (χ3v) is 2.73. The van der Waals surface area contributed by atoms with Crippen LogP contribution in [0.5, 0.6) is 0 Å². The van der Waals surface area contributed by atoms with Crippen LogP contribution in [0.15, 0.2) is 27.9 Å². The number of aryl methyl sites for hydroxylation is 1. The Morgan fingerprint density at radius 3 is 2.76 bits per heavy atom. The van der Waals surface area contributed by atoms with Crippen molar-refractivity contribution in [3.63, 3.8) is 0 Å². The van der Waals surface area contributed by atoms with Crippen molar-refractivity contribution in [2.45, 2.75) is 32.3 Å². The zero-order chi connectivity index (χ0) is 12.6. The molecular formula is C11H14N2O4. The molecule has 0 saturated heterocycles. The molecular weight excluding hydrogens is 224 g/mol. The number of aliphatic hydroxyl groups excluding tert-OH is 1. The summed E-state index contributed by atoms with van der Waals surface area (Å²) in [4.78, 5) is 25.0. The van der Waals surface area contributed by atoms with Crippen molar-refractivity contribution in [3.8, 4) is 0 Å². The summed E-state index contributed by atoms with van der Waals surface area (Å²) in [6.07, 6.45) is 2.93. The number of hydrogen-bond acceptors (Lipinski definition) is 4. The molecule has 0 spiro atoms. The molecule has 0 fully saturated rings. The minimum atomic E-state index is -0.675. The first kappa shape index (κ1) is 11.8. The number of hydrogen-bond donors (Lipinski definition) is 2. The maximum absolute atomic E-state index is 11.6. The van der Waals surface area contributed by atoms with Gasteiger partial charge in [-0.1, -0.05) is 6.08 Å². The molecule has 6 nitrogen and oxygen atoms in total. The summed E-state index contributed by atoms with van der Waals surface area (Å²) in [6, 6.07) is 0. The van der Waals surface area contributed by atoms with Crippen molar-refractivity contribution in [1.82, 2.24) is 9.55 Å². The second-order valence-corrected chi connectivity index (χ2v) is 4.09. The van der Waals surface area contributed by atoms with E-state index in [0.29, 0.717) is 5.56 Å². The summed E-state index contributed by atoms with van der Waals surface area (Å²) >= 11 is 0. The van der Waals surface area contributed by atoms with Gasteiger partial charge in [0.15, 0.2) is 6.23 Å². The quantitative estimate of drug-likeness (QED) is 0.657. The summed E-state index contributed by atoms with van der Waals surface area (Å²) < 4.78 is 6.75. The number of aromatic nitrogens is 2. The zero-order valence-electron chi connectivity index (χ0n) is 9.58. The second-order valence-electron chi connectivity index (χ2n) is 4.09. The van der Waals surface area contributed by atoms with Crippen LogP contribution in [0.25, 0.3) is 0 Å². The summed E-state index contributed by atoms with van der Waals surface area (Å²) in [5.74, 6) is 0. The highest BCUT2D eigenvalue weighted by Gasteiger charge is 2.23. The minimum Gasteiger partial charge on any atom is -0.386 e. The average molecular weight is 238 g/mol. The van der Waals surface area contributed by atoms with E-state index in [9.17, 15) is 14.7 Å². The van der Waals surface area contributed by atoms with Crippen LogP contribution in [-0.4, -0.2) is 26.9 Å². The number of aromatic amines is 1. The van der Waals surface area contributed by atoms with Gasteiger partial charge < -0.3 is 9.84 Å². The maximum Gasteiger partial charge on any atom is 0.330 e. The molecule has 6 heteroatoms. The number of aliphatic hydroxyl groups is 1. The molecule has 0 aliphatic carbocycles. The van der Waals surface area contributed by atoms with E-state index >= 15 is 0 Å². The van der Waals surface area contributed by atoms with Gasteiger partial charge in [0.25, 0.3) is 5.56 Å². The Kier molecular flexibility index (Phi) is 2.99. The molecule has 0 aromatic carbocycles. The van der Waals surface area contributed by atoms with Gasteiger partial charge in [-0.15, -0.1) is 0 Å². The minimum absolute atomic E-state index is 0.399. The maximum atomic E-state index is 11.6. The molecule has 3 atom stereocenters. The van der Waals surface area contributed by atoms with Crippen LogP contribution in [0.4, 0.5) is 0 Å². The Morgan fingerprint density at radius 1 is 1.41 bits per heavy atom. The molecule has 92 valence electrons. The van der Waals surface area contributed by atoms with Crippen molar-refractivity contribution in [2.75, 3.05) is 0 Å². The van der Waals surface area contributed by atoms with Gasteiger partial charge in [-0.3, -0.25) is 14.3 Å². The van der Waals surface area contributed by atoms with Crippen LogP contribution in [0.1, 0.15) is 18.7 Å². The molecule has 0 bridgehead atoms. The molecule has 2 N–H and O–H groups in total. The van der Waals surface area contributed by atoms with Crippen molar-refractivity contribution >= 4 is 0 Å². The van der Waals surface area contributed by atoms with Gasteiger partial charge in [0.2, 0.25) is 0 Å². The molecule has 0 radical (unpaired) electrons. The first-order valence-electron chi connectivity index (χ1n) is 5.33. The SMILES string of the molecule is Cc1cn([C@@H]2C=C[C@@H](O)[C@H](C)O2)c(=O)[nH]c1=O. The second kappa shape index (κ2) is 4.31. The molecule has 1 aromatic heterocycles. The van der Waals surface area contributed by atoms with Crippen LogP contribution in [-0.2, 0) is 4.74 Å². The monoisotopic (exact) mass is 238 g/mol. The molecule has 0 unspecified atom stereocenters. The van der Waals surface area contributed by atoms with E-state index in [1.54, 1.807) is 26.0 Å². The van der Waals surface area contributed by atoms with Crippen LogP contribution in [0.3, 0.4) is 0 Å². The summed E-state index contributed by atoms with van der Waals surface area (Å²) in [5.41, 5.74) is -0.502. The number of nitrogens with one attached hydrogen (secondary N) is 1. The lowest BCUT2D eigenvalue weighted by atomic mass is 10.1. The molecule has 1 aromatic rings. The largest absolute Gasteiger partial charge is 0.386 e. The third kappa shape index (κ3) is 2.22. The van der Waals surface area contributed by atoms with Crippen LogP contribution in [0.2, 0.25) is 0 Å². The third-order valence-electron chi connectivity index (χ3n) is 2.73. The van der Waals surface area contributed by atoms with Crippen molar-refractivity contribution in [2.24, 2.45) is 0 Å². The number of nitrogens with zero attached hydrogens (tertiary/aromatic N) is 1. The smallest absolute Gasteiger partial charge is 0.330 e. The number of ether oxygens (including phenoxy) is 1. The summed E-state index contributed by atoms with van der Waals surface area (Å²) in [5, 5.41) is 9.45. The fourth-order valence-electron chi connectivity index (χ4n) is 1.64. The van der Waals surface area contributed by atoms with Crippen molar-refractivity contribution in [1.29, 1.82) is 0 Å². The number of H-pyrrole nitrogens is 1. The van der Waals surface area contributed by atoms with E-state index in [-0.39, 0.29) is 0 Å². The molecule has 1 aliphatic heterocycles. The highest BCUT2D eigenvalue weighted by molar-refractivity contribution is 5.05. The predicted molar refractivity (Wildman–Crippen MR) is 60.8 cm³/mol. The lowest BCUT2D eigenvalue weighted by Crippen LogP contribution is -2.38. The molecule has 2 rings (SSSR count). The van der Waals surface area contributed by atoms with Gasteiger partial charge in [-0.2, -0.15) is 0 Å². The topological polar surface area (TPSA) is 84.3 Å². The van der Waals surface area contributed by atoms with Crippen LogP contribution >= 0.6 is 0 Å². The molecule has 17 heavy (non-hydrogen) atoms. The zero-order valence-corrected chi connectivity index (χ0v) is 9.58. The van der Waals surface area contributed by atoms with E-state index < -0.39 is 29.7 Å². The van der Waals surface area contributed by atoms with E-state index in [2.05, 4.69) is 4.98 Å². The van der Waals surface area contributed by atoms with E-state index in [0.717, 1.165) is 0 Å². The lowest BCUT2D eigenvalue weighted by Gasteiger charge is -2.27. The van der Waals surface area contributed by atoms with Gasteiger partial charge in [0.1, 0.15) is 0 Å². The van der Waals surface area contributed by atoms with Gasteiger partial charge in [-0.25, -0.2) is 4.79 Å². The lowest BCUT2D eigenvalue weighted by molar-refractivity contribution is -0.0758. The van der Waals surface area contributed by atoms with Gasteiger partial charge in [-0.05, 0) is 19.9 Å². The van der Waals surface area contributed by atoms with E-state index in [1.807, 2.05) is 0 Å². The van der Waals surface area contributed by atoms with E-state index in [4.69, 9.17) is 4.74 Å². The molecule has 1 aliphatic rings. The Bertz CT molecular complexity index is 557. The molecule has 2 heterocycles. The predicted octanol–water partition coefficient (Wildman–Crippen LogP) is -0.321. The van der Waals surface area contributed by atoms with Crippen molar-refractivity contribution < 1.29 is 9.84 Å². The Labute approximate surface area is 97.2 Å².